The summed E-state index contributed by atoms with van der Waals surface area (Å²) in [5, 5.41) is 24.1. The van der Waals surface area contributed by atoms with Gasteiger partial charge in [0.2, 0.25) is 5.91 Å². The summed E-state index contributed by atoms with van der Waals surface area (Å²) in [5.74, 6) is -0.417. The van der Waals surface area contributed by atoms with E-state index in [1.54, 1.807) is 0 Å². The smallest absolute Gasteiger partial charge is 0.393 e. The Bertz CT molecular complexity index is 862. The molecule has 0 saturated heterocycles. The van der Waals surface area contributed by atoms with Crippen LogP contribution in [0, 0.1) is 0 Å². The zero-order valence-corrected chi connectivity index (χ0v) is 35.5. The number of phosphoric acid groups is 1. The molecule has 0 bridgehead atoms. The topological polar surface area (TPSA) is 151 Å². The first-order valence-corrected chi connectivity index (χ1v) is 23.9. The lowest BCUT2D eigenvalue weighted by Crippen LogP contribution is -2.47. The van der Waals surface area contributed by atoms with Crippen LogP contribution in [0.15, 0.2) is 12.2 Å². The molecule has 0 saturated carbocycles. The van der Waals surface area contributed by atoms with Crippen molar-refractivity contribution in [3.05, 3.63) is 12.2 Å². The number of phosphoric ester groups is 1. The molecule has 0 spiro atoms. The summed E-state index contributed by atoms with van der Waals surface area (Å²) in [5.41, 5.74) is 5.36. The molecular formula is C43H87N2O7P. The number of nitrogens with two attached hydrogens (primary N) is 1. The van der Waals surface area contributed by atoms with E-state index in [0.717, 1.165) is 44.9 Å². The molecule has 10 heteroatoms. The van der Waals surface area contributed by atoms with Crippen LogP contribution < -0.4 is 11.1 Å². The number of carbonyl (C=O) groups excluding carboxylic acids is 1. The molecule has 0 aromatic heterocycles. The van der Waals surface area contributed by atoms with Crippen molar-refractivity contribution in [2.24, 2.45) is 5.73 Å². The maximum absolute atomic E-state index is 12.8. The second kappa shape index (κ2) is 39.4. The number of unbranched alkanes of at least 4 members (excludes halogenated alkanes) is 26. The Morgan fingerprint density at radius 2 is 1.02 bits per heavy atom. The van der Waals surface area contributed by atoms with Crippen LogP contribution in [0.2, 0.25) is 0 Å². The summed E-state index contributed by atoms with van der Waals surface area (Å²) in [4.78, 5) is 22.8. The number of carbonyl (C=O) groups is 1. The molecule has 0 heterocycles. The Morgan fingerprint density at radius 3 is 1.45 bits per heavy atom. The van der Waals surface area contributed by atoms with E-state index in [9.17, 15) is 24.5 Å². The minimum Gasteiger partial charge on any atom is -0.393 e. The quantitative estimate of drug-likeness (QED) is 0.0233. The third kappa shape index (κ3) is 37.9. The number of allylic oxidation sites excluding steroid dienone is 2. The van der Waals surface area contributed by atoms with Gasteiger partial charge >= 0.3 is 7.82 Å². The van der Waals surface area contributed by atoms with E-state index in [-0.39, 0.29) is 26.2 Å². The first kappa shape index (κ1) is 52.2. The molecule has 9 nitrogen and oxygen atoms in total. The summed E-state index contributed by atoms with van der Waals surface area (Å²) in [6.07, 6.45) is 39.8. The molecule has 0 aliphatic heterocycles. The van der Waals surface area contributed by atoms with E-state index in [4.69, 9.17) is 14.8 Å². The van der Waals surface area contributed by atoms with E-state index in [0.29, 0.717) is 12.8 Å². The summed E-state index contributed by atoms with van der Waals surface area (Å²) >= 11 is 0. The summed E-state index contributed by atoms with van der Waals surface area (Å²) < 4.78 is 22.1. The van der Waals surface area contributed by atoms with E-state index in [1.807, 2.05) is 0 Å². The molecule has 53 heavy (non-hydrogen) atoms. The third-order valence-corrected chi connectivity index (χ3v) is 11.2. The largest absolute Gasteiger partial charge is 0.472 e. The van der Waals surface area contributed by atoms with Gasteiger partial charge in [0.1, 0.15) is 0 Å². The summed E-state index contributed by atoms with van der Waals surface area (Å²) in [6, 6.07) is -0.895. The first-order valence-electron chi connectivity index (χ1n) is 22.4. The van der Waals surface area contributed by atoms with E-state index >= 15 is 0 Å². The Kier molecular flexibility index (Phi) is 38.8. The second-order valence-electron chi connectivity index (χ2n) is 15.5. The minimum absolute atomic E-state index is 0.0598. The average Bonchev–Trinajstić information content (AvgIpc) is 3.13. The maximum atomic E-state index is 12.8. The number of rotatable bonds is 42. The van der Waals surface area contributed by atoms with Crippen LogP contribution in [0.25, 0.3) is 0 Å². The molecule has 0 aromatic rings. The molecular weight excluding hydrogens is 687 g/mol. The molecule has 1 amide bonds. The molecule has 4 unspecified atom stereocenters. The van der Waals surface area contributed by atoms with Crippen molar-refractivity contribution in [2.45, 2.75) is 238 Å². The van der Waals surface area contributed by atoms with Gasteiger partial charge in [-0.3, -0.25) is 13.8 Å². The monoisotopic (exact) mass is 775 g/mol. The highest BCUT2D eigenvalue weighted by Gasteiger charge is 2.28. The molecule has 0 radical (unpaired) electrons. The van der Waals surface area contributed by atoms with Gasteiger partial charge in [0.25, 0.3) is 0 Å². The van der Waals surface area contributed by atoms with Crippen molar-refractivity contribution < 1.29 is 33.5 Å². The van der Waals surface area contributed by atoms with Crippen molar-refractivity contribution in [3.63, 3.8) is 0 Å². The lowest BCUT2D eigenvalue weighted by atomic mass is 10.0. The van der Waals surface area contributed by atoms with Gasteiger partial charge in [-0.15, -0.1) is 0 Å². The SMILES string of the molecule is CCCCCCCCCCCCC/C=C\CCCCCCCC(O)CC(=O)NC(COP(=O)(O)OCCN)C(O)CCCCCCCCCCCCC. The van der Waals surface area contributed by atoms with Gasteiger partial charge in [0.15, 0.2) is 0 Å². The van der Waals surface area contributed by atoms with Gasteiger partial charge in [0, 0.05) is 6.54 Å². The van der Waals surface area contributed by atoms with Crippen molar-refractivity contribution in [2.75, 3.05) is 19.8 Å². The molecule has 0 fully saturated rings. The number of aliphatic hydroxyl groups is 2. The number of amides is 1. The number of aliphatic hydroxyl groups excluding tert-OH is 2. The number of hydrogen-bond acceptors (Lipinski definition) is 7. The normalized spacial score (nSPS) is 14.8. The molecule has 0 rings (SSSR count). The fourth-order valence-corrected chi connectivity index (χ4v) is 7.52. The molecule has 0 aliphatic rings. The number of hydrogen-bond donors (Lipinski definition) is 5. The van der Waals surface area contributed by atoms with Crippen LogP contribution in [-0.2, 0) is 18.4 Å². The lowest BCUT2D eigenvalue weighted by molar-refractivity contribution is -0.125. The van der Waals surface area contributed by atoms with E-state index in [1.165, 1.54) is 141 Å². The van der Waals surface area contributed by atoms with Crippen LogP contribution in [0.4, 0.5) is 0 Å². The van der Waals surface area contributed by atoms with Gasteiger partial charge in [-0.2, -0.15) is 0 Å². The van der Waals surface area contributed by atoms with E-state index < -0.39 is 32.0 Å². The first-order chi connectivity index (χ1) is 25.8. The molecule has 6 N–H and O–H groups in total. The van der Waals surface area contributed by atoms with Crippen molar-refractivity contribution >= 4 is 13.7 Å². The van der Waals surface area contributed by atoms with Crippen molar-refractivity contribution in [1.82, 2.24) is 5.32 Å². The van der Waals surface area contributed by atoms with Crippen LogP contribution in [0.1, 0.15) is 219 Å². The maximum Gasteiger partial charge on any atom is 0.472 e. The second-order valence-corrected chi connectivity index (χ2v) is 16.9. The fourth-order valence-electron chi connectivity index (χ4n) is 6.76. The minimum atomic E-state index is -4.37. The zero-order chi connectivity index (χ0) is 39.1. The Balaban J connectivity index is 4.17. The van der Waals surface area contributed by atoms with Crippen LogP contribution in [0.5, 0.6) is 0 Å². The van der Waals surface area contributed by atoms with Gasteiger partial charge in [-0.1, -0.05) is 187 Å². The summed E-state index contributed by atoms with van der Waals surface area (Å²) in [6.45, 7) is 4.04. The Hall–Kier alpha value is -0.800. The Morgan fingerprint density at radius 1 is 0.623 bits per heavy atom. The highest BCUT2D eigenvalue weighted by atomic mass is 31.2. The average molecular weight is 775 g/mol. The van der Waals surface area contributed by atoms with Crippen molar-refractivity contribution in [3.8, 4) is 0 Å². The molecule has 0 aromatic carbocycles. The standard InChI is InChI=1S/C43H87N2O7P/c1-3-5-7-9-11-13-15-16-17-18-19-20-21-22-23-25-26-28-30-32-34-40(46)38-43(48)45-41(39-52-53(49,50)51-37-36-44)42(47)35-33-31-29-27-24-14-12-10-8-6-4-2/h21-22,40-42,46-47H,3-20,23-39,44H2,1-2H3,(H,45,48)(H,49,50)/b22-21-. The molecule has 316 valence electrons. The molecule has 4 atom stereocenters. The third-order valence-electron chi connectivity index (χ3n) is 10.2. The van der Waals surface area contributed by atoms with Crippen LogP contribution in [0.3, 0.4) is 0 Å². The fraction of sp³-hybridized carbons (Fsp3) is 0.930. The highest BCUT2D eigenvalue weighted by molar-refractivity contribution is 7.47. The van der Waals surface area contributed by atoms with Gasteiger partial charge in [-0.05, 0) is 38.5 Å². The van der Waals surface area contributed by atoms with Gasteiger partial charge in [-0.25, -0.2) is 4.57 Å². The van der Waals surface area contributed by atoms with Gasteiger partial charge in [0.05, 0.1) is 37.9 Å². The highest BCUT2D eigenvalue weighted by Crippen LogP contribution is 2.43. The summed E-state index contributed by atoms with van der Waals surface area (Å²) in [7, 11) is -4.37. The van der Waals surface area contributed by atoms with Crippen LogP contribution in [-0.4, -0.2) is 59.0 Å². The number of nitrogens with one attached hydrogen (secondary N) is 1. The van der Waals surface area contributed by atoms with Gasteiger partial charge < -0.3 is 26.2 Å². The predicted octanol–water partition coefficient (Wildman–Crippen LogP) is 11.4. The Labute approximate surface area is 327 Å². The predicted molar refractivity (Wildman–Crippen MR) is 223 cm³/mol. The van der Waals surface area contributed by atoms with Crippen LogP contribution >= 0.6 is 7.82 Å². The zero-order valence-electron chi connectivity index (χ0n) is 34.6. The van der Waals surface area contributed by atoms with Crippen molar-refractivity contribution in [1.29, 1.82) is 0 Å². The lowest BCUT2D eigenvalue weighted by Gasteiger charge is -2.25. The molecule has 0 aliphatic carbocycles. The van der Waals surface area contributed by atoms with E-state index in [2.05, 4.69) is 31.3 Å².